The Balaban J connectivity index is 2.37. The number of aliphatic carboxylic acids is 1. The smallest absolute Gasteiger partial charge is 0.329 e. The van der Waals surface area contributed by atoms with Gasteiger partial charge in [0.25, 0.3) is 0 Å². The van der Waals surface area contributed by atoms with Crippen LogP contribution < -0.4 is 10.6 Å². The van der Waals surface area contributed by atoms with E-state index in [1.165, 1.54) is 0 Å². The van der Waals surface area contributed by atoms with E-state index in [2.05, 4.69) is 24.5 Å². The number of ether oxygens (including phenoxy) is 1. The molecule has 0 bridgehead atoms. The quantitative estimate of drug-likeness (QED) is 0.637. The Hall–Kier alpha value is -1.30. The average molecular weight is 272 g/mol. The minimum absolute atomic E-state index is 0.307. The van der Waals surface area contributed by atoms with Crippen LogP contribution in [0.2, 0.25) is 0 Å². The van der Waals surface area contributed by atoms with Gasteiger partial charge in [0, 0.05) is 32.6 Å². The fourth-order valence-electron chi connectivity index (χ4n) is 2.09. The van der Waals surface area contributed by atoms with E-state index in [0.717, 1.165) is 12.8 Å². The first-order valence-corrected chi connectivity index (χ1v) is 6.83. The minimum atomic E-state index is -1.18. The summed E-state index contributed by atoms with van der Waals surface area (Å²) in [6.45, 7) is 5.54. The predicted octanol–water partition coefficient (Wildman–Crippen LogP) is 1.36. The van der Waals surface area contributed by atoms with Crippen molar-refractivity contribution in [1.82, 2.24) is 10.6 Å². The average Bonchev–Trinajstić information content (AvgIpc) is 2.35. The first-order valence-electron chi connectivity index (χ1n) is 6.83. The molecule has 0 atom stereocenters. The van der Waals surface area contributed by atoms with Crippen molar-refractivity contribution >= 4 is 12.0 Å². The van der Waals surface area contributed by atoms with Gasteiger partial charge in [-0.15, -0.1) is 0 Å². The van der Waals surface area contributed by atoms with Gasteiger partial charge in [-0.2, -0.15) is 0 Å². The van der Waals surface area contributed by atoms with Gasteiger partial charge in [0.2, 0.25) is 0 Å². The molecule has 2 amide bonds. The molecule has 1 fully saturated rings. The molecule has 1 rings (SSSR count). The van der Waals surface area contributed by atoms with E-state index in [0.29, 0.717) is 38.5 Å². The largest absolute Gasteiger partial charge is 0.480 e. The van der Waals surface area contributed by atoms with E-state index in [4.69, 9.17) is 4.74 Å². The van der Waals surface area contributed by atoms with Crippen LogP contribution in [-0.4, -0.2) is 42.4 Å². The molecule has 1 aliphatic heterocycles. The summed E-state index contributed by atoms with van der Waals surface area (Å²) in [7, 11) is 0. The molecule has 3 N–H and O–H groups in total. The molecule has 0 radical (unpaired) electrons. The van der Waals surface area contributed by atoms with Crippen molar-refractivity contribution in [2.75, 3.05) is 19.8 Å². The molecule has 6 nitrogen and oxygen atoms in total. The van der Waals surface area contributed by atoms with Gasteiger partial charge in [-0.3, -0.25) is 0 Å². The van der Waals surface area contributed by atoms with Gasteiger partial charge >= 0.3 is 12.0 Å². The zero-order valence-corrected chi connectivity index (χ0v) is 11.7. The summed E-state index contributed by atoms with van der Waals surface area (Å²) in [4.78, 5) is 23.1. The Bertz CT molecular complexity index is 312. The summed E-state index contributed by atoms with van der Waals surface area (Å²) in [5.74, 6) is -0.390. The number of hydrogen-bond acceptors (Lipinski definition) is 3. The van der Waals surface area contributed by atoms with Crippen LogP contribution in [-0.2, 0) is 9.53 Å². The van der Waals surface area contributed by atoms with E-state index in [1.807, 2.05) is 0 Å². The molecule has 1 aliphatic rings. The number of carbonyl (C=O) groups excluding carboxylic acids is 1. The van der Waals surface area contributed by atoms with Crippen LogP contribution in [0.5, 0.6) is 0 Å². The van der Waals surface area contributed by atoms with Crippen LogP contribution in [0.15, 0.2) is 0 Å². The lowest BCUT2D eigenvalue weighted by Gasteiger charge is -2.33. The zero-order valence-electron chi connectivity index (χ0n) is 11.7. The molecule has 0 aromatic carbocycles. The van der Waals surface area contributed by atoms with Crippen molar-refractivity contribution in [2.45, 2.75) is 45.1 Å². The molecule has 0 aromatic rings. The summed E-state index contributed by atoms with van der Waals surface area (Å²) in [5, 5.41) is 14.6. The maximum atomic E-state index is 11.7. The second kappa shape index (κ2) is 7.33. The Morgan fingerprint density at radius 2 is 1.95 bits per heavy atom. The second-order valence-corrected chi connectivity index (χ2v) is 5.42. The summed E-state index contributed by atoms with van der Waals surface area (Å²) in [5.41, 5.74) is -1.18. The topological polar surface area (TPSA) is 87.7 Å². The number of carbonyl (C=O) groups is 2. The molecule has 110 valence electrons. The number of hydrogen-bond donors (Lipinski definition) is 3. The molecule has 6 heteroatoms. The maximum absolute atomic E-state index is 11.7. The van der Waals surface area contributed by atoms with Crippen LogP contribution in [0.25, 0.3) is 0 Å². The summed E-state index contributed by atoms with van der Waals surface area (Å²) < 4.78 is 5.15. The first kappa shape index (κ1) is 15.8. The number of carboxylic acid groups (broad SMARTS) is 1. The van der Waals surface area contributed by atoms with Gasteiger partial charge in [-0.25, -0.2) is 9.59 Å². The molecule has 19 heavy (non-hydrogen) atoms. The lowest BCUT2D eigenvalue weighted by molar-refractivity contribution is -0.148. The number of amides is 2. The van der Waals surface area contributed by atoms with Gasteiger partial charge in [0.05, 0.1) is 0 Å². The number of carboxylic acids is 1. The fraction of sp³-hybridized carbons (Fsp3) is 0.846. The highest BCUT2D eigenvalue weighted by molar-refractivity contribution is 5.86. The van der Waals surface area contributed by atoms with Crippen molar-refractivity contribution in [3.05, 3.63) is 0 Å². The maximum Gasteiger partial charge on any atom is 0.329 e. The highest BCUT2D eigenvalue weighted by Gasteiger charge is 2.41. The first-order chi connectivity index (χ1) is 8.96. The highest BCUT2D eigenvalue weighted by atomic mass is 16.5. The highest BCUT2D eigenvalue weighted by Crippen LogP contribution is 2.20. The fourth-order valence-corrected chi connectivity index (χ4v) is 2.09. The molecule has 0 unspecified atom stereocenters. The van der Waals surface area contributed by atoms with Crippen LogP contribution in [0.4, 0.5) is 4.79 Å². The molecule has 0 saturated carbocycles. The van der Waals surface area contributed by atoms with Crippen molar-refractivity contribution in [3.63, 3.8) is 0 Å². The van der Waals surface area contributed by atoms with E-state index < -0.39 is 17.5 Å². The summed E-state index contributed by atoms with van der Waals surface area (Å²) in [6.07, 6.45) is 2.55. The second-order valence-electron chi connectivity index (χ2n) is 5.42. The van der Waals surface area contributed by atoms with Gasteiger partial charge in [-0.1, -0.05) is 13.8 Å². The van der Waals surface area contributed by atoms with Gasteiger partial charge in [-0.05, 0) is 18.8 Å². The van der Waals surface area contributed by atoms with E-state index >= 15 is 0 Å². The minimum Gasteiger partial charge on any atom is -0.480 e. The Morgan fingerprint density at radius 1 is 1.32 bits per heavy atom. The van der Waals surface area contributed by atoms with Gasteiger partial charge in [0.15, 0.2) is 0 Å². The lowest BCUT2D eigenvalue weighted by Crippen LogP contribution is -2.59. The predicted molar refractivity (Wildman–Crippen MR) is 71.0 cm³/mol. The molecular weight excluding hydrogens is 248 g/mol. The van der Waals surface area contributed by atoms with Crippen LogP contribution in [0.1, 0.15) is 39.5 Å². The summed E-state index contributed by atoms with van der Waals surface area (Å²) in [6, 6.07) is -0.409. The van der Waals surface area contributed by atoms with Crippen molar-refractivity contribution in [2.24, 2.45) is 5.92 Å². The van der Waals surface area contributed by atoms with Crippen LogP contribution in [0, 0.1) is 5.92 Å². The lowest BCUT2D eigenvalue weighted by atomic mass is 9.90. The third kappa shape index (κ3) is 5.06. The number of nitrogens with one attached hydrogen (secondary N) is 2. The standard InChI is InChI=1S/C13H24N2O4/c1-10(2)4-3-7-14-12(18)15-13(11(16)17)5-8-19-9-6-13/h10H,3-9H2,1-2H3,(H,16,17)(H2,14,15,18). The summed E-state index contributed by atoms with van der Waals surface area (Å²) >= 11 is 0. The zero-order chi connectivity index (χ0) is 14.3. The monoisotopic (exact) mass is 272 g/mol. The Kier molecular flexibility index (Phi) is 6.08. The number of urea groups is 1. The third-order valence-corrected chi connectivity index (χ3v) is 3.35. The molecular formula is C13H24N2O4. The van der Waals surface area contributed by atoms with E-state index in [1.54, 1.807) is 0 Å². The number of rotatable bonds is 6. The molecule has 0 aliphatic carbocycles. The van der Waals surface area contributed by atoms with Crippen molar-refractivity contribution < 1.29 is 19.4 Å². The van der Waals surface area contributed by atoms with E-state index in [-0.39, 0.29) is 0 Å². The molecule has 0 spiro atoms. The SMILES string of the molecule is CC(C)CCCNC(=O)NC1(C(=O)O)CCOCC1. The van der Waals surface area contributed by atoms with Gasteiger partial charge < -0.3 is 20.5 Å². The van der Waals surface area contributed by atoms with Crippen LogP contribution >= 0.6 is 0 Å². The third-order valence-electron chi connectivity index (χ3n) is 3.35. The Labute approximate surface area is 113 Å². The normalized spacial score (nSPS) is 18.1. The Morgan fingerprint density at radius 3 is 2.47 bits per heavy atom. The van der Waals surface area contributed by atoms with Crippen LogP contribution in [0.3, 0.4) is 0 Å². The van der Waals surface area contributed by atoms with Gasteiger partial charge in [0.1, 0.15) is 5.54 Å². The van der Waals surface area contributed by atoms with Crippen molar-refractivity contribution in [1.29, 1.82) is 0 Å². The van der Waals surface area contributed by atoms with E-state index in [9.17, 15) is 14.7 Å². The molecule has 1 heterocycles. The molecule has 0 aromatic heterocycles. The molecule has 1 saturated heterocycles. The van der Waals surface area contributed by atoms with Crippen molar-refractivity contribution in [3.8, 4) is 0 Å².